The maximum Gasteiger partial charge on any atom is 0.243 e. The summed E-state index contributed by atoms with van der Waals surface area (Å²) in [6, 6.07) is 15.4. The van der Waals surface area contributed by atoms with Gasteiger partial charge in [-0.15, -0.1) is 0 Å². The number of methoxy groups -OCH3 is 1. The fraction of sp³-hybridized carbons (Fsp3) is 0.333. The Morgan fingerprint density at radius 3 is 2.52 bits per heavy atom. The Labute approximate surface area is 171 Å². The normalized spacial score (nSPS) is 17.3. The predicted octanol–water partition coefficient (Wildman–Crippen LogP) is 2.80. The van der Waals surface area contributed by atoms with Crippen LogP contribution in [-0.4, -0.2) is 38.8 Å². The van der Waals surface area contributed by atoms with Crippen LogP contribution in [0.3, 0.4) is 0 Å². The number of carbonyl (C=O) groups excluding carboxylic acids is 1. The SMILES string of the molecule is COc1ccc(S(=O)(=O)N2CCC[C@@H](C(=O)Nc3ccc(CC#N)cc3)C2)cc1. The van der Waals surface area contributed by atoms with Gasteiger partial charge in [-0.1, -0.05) is 12.1 Å². The highest BCUT2D eigenvalue weighted by atomic mass is 32.2. The van der Waals surface area contributed by atoms with Crippen LogP contribution in [0, 0.1) is 17.2 Å². The fourth-order valence-corrected chi connectivity index (χ4v) is 4.84. The number of hydrogen-bond acceptors (Lipinski definition) is 5. The molecule has 0 radical (unpaired) electrons. The zero-order chi connectivity index (χ0) is 20.9. The summed E-state index contributed by atoms with van der Waals surface area (Å²) in [5.41, 5.74) is 1.51. The van der Waals surface area contributed by atoms with Crippen molar-refractivity contribution in [3.05, 3.63) is 54.1 Å². The Balaban J connectivity index is 1.67. The van der Waals surface area contributed by atoms with E-state index >= 15 is 0 Å². The van der Waals surface area contributed by atoms with Crippen LogP contribution < -0.4 is 10.1 Å². The summed E-state index contributed by atoms with van der Waals surface area (Å²) in [4.78, 5) is 12.9. The van der Waals surface area contributed by atoms with Crippen LogP contribution in [0.1, 0.15) is 18.4 Å². The van der Waals surface area contributed by atoms with Gasteiger partial charge in [-0.25, -0.2) is 8.42 Å². The number of piperidine rings is 1. The molecule has 3 rings (SSSR count). The summed E-state index contributed by atoms with van der Waals surface area (Å²) in [6.07, 6.45) is 1.57. The third kappa shape index (κ3) is 4.94. The lowest BCUT2D eigenvalue weighted by Gasteiger charge is -2.31. The van der Waals surface area contributed by atoms with Crippen LogP contribution >= 0.6 is 0 Å². The first kappa shape index (κ1) is 20.8. The third-order valence-corrected chi connectivity index (χ3v) is 6.84. The lowest BCUT2D eigenvalue weighted by molar-refractivity contribution is -0.120. The molecule has 1 amide bonds. The molecular formula is C21H23N3O4S. The molecule has 2 aromatic rings. The third-order valence-electron chi connectivity index (χ3n) is 4.96. The minimum atomic E-state index is -3.67. The van der Waals surface area contributed by atoms with E-state index in [-0.39, 0.29) is 17.3 Å². The Morgan fingerprint density at radius 2 is 1.90 bits per heavy atom. The van der Waals surface area contributed by atoms with Gasteiger partial charge in [0.05, 0.1) is 30.4 Å². The molecule has 8 heteroatoms. The molecule has 1 saturated heterocycles. The molecule has 0 aromatic heterocycles. The van der Waals surface area contributed by atoms with Crippen molar-refractivity contribution < 1.29 is 17.9 Å². The monoisotopic (exact) mass is 413 g/mol. The number of nitrogens with one attached hydrogen (secondary N) is 1. The number of amides is 1. The van der Waals surface area contributed by atoms with E-state index in [0.29, 0.717) is 37.2 Å². The molecule has 0 saturated carbocycles. The van der Waals surface area contributed by atoms with Gasteiger partial charge >= 0.3 is 0 Å². The molecule has 1 atom stereocenters. The molecule has 1 aliphatic heterocycles. The number of ether oxygens (including phenoxy) is 1. The van der Waals surface area contributed by atoms with Crippen LogP contribution in [0.15, 0.2) is 53.4 Å². The minimum absolute atomic E-state index is 0.146. The van der Waals surface area contributed by atoms with E-state index in [0.717, 1.165) is 5.56 Å². The maximum atomic E-state index is 12.9. The Hall–Kier alpha value is -2.89. The lowest BCUT2D eigenvalue weighted by atomic mass is 9.98. The summed E-state index contributed by atoms with van der Waals surface area (Å²) in [7, 11) is -2.15. The van der Waals surface area contributed by atoms with Crippen molar-refractivity contribution in [2.45, 2.75) is 24.2 Å². The van der Waals surface area contributed by atoms with Crippen LogP contribution in [0.25, 0.3) is 0 Å². The van der Waals surface area contributed by atoms with Gasteiger partial charge in [0, 0.05) is 18.8 Å². The molecule has 7 nitrogen and oxygen atoms in total. The van der Waals surface area contributed by atoms with Crippen molar-refractivity contribution in [1.29, 1.82) is 5.26 Å². The standard InChI is InChI=1S/C21H23N3O4S/c1-28-19-8-10-20(11-9-19)29(26,27)24-14-2-3-17(15-24)21(25)23-18-6-4-16(5-7-18)12-13-22/h4-11,17H,2-3,12,14-15H2,1H3,(H,23,25)/t17-/m1/s1. The van der Waals surface area contributed by atoms with E-state index < -0.39 is 15.9 Å². The molecule has 29 heavy (non-hydrogen) atoms. The molecule has 2 aromatic carbocycles. The first-order chi connectivity index (χ1) is 13.9. The van der Waals surface area contributed by atoms with E-state index in [1.807, 2.05) is 0 Å². The van der Waals surface area contributed by atoms with Gasteiger partial charge in [0.1, 0.15) is 5.75 Å². The summed E-state index contributed by atoms with van der Waals surface area (Å²) in [5.74, 6) is -0.0381. The highest BCUT2D eigenvalue weighted by Crippen LogP contribution is 2.26. The molecule has 0 spiro atoms. The van der Waals surface area contributed by atoms with Gasteiger partial charge in [-0.3, -0.25) is 4.79 Å². The number of nitrogens with zero attached hydrogens (tertiary/aromatic N) is 2. The number of nitriles is 1. The number of benzene rings is 2. The number of sulfonamides is 1. The largest absolute Gasteiger partial charge is 0.497 e. The molecule has 0 bridgehead atoms. The number of rotatable bonds is 6. The van der Waals surface area contributed by atoms with Crippen molar-refractivity contribution >= 4 is 21.6 Å². The quantitative estimate of drug-likeness (QED) is 0.785. The average Bonchev–Trinajstić information content (AvgIpc) is 2.75. The zero-order valence-corrected chi connectivity index (χ0v) is 17.0. The van der Waals surface area contributed by atoms with Gasteiger partial charge in [-0.05, 0) is 54.8 Å². The number of carbonyl (C=O) groups is 1. The molecule has 1 heterocycles. The van der Waals surface area contributed by atoms with Crippen molar-refractivity contribution in [3.63, 3.8) is 0 Å². The van der Waals surface area contributed by atoms with E-state index in [9.17, 15) is 13.2 Å². The molecule has 1 aliphatic rings. The molecule has 1 N–H and O–H groups in total. The highest BCUT2D eigenvalue weighted by Gasteiger charge is 2.33. The minimum Gasteiger partial charge on any atom is -0.497 e. The van der Waals surface area contributed by atoms with Crippen molar-refractivity contribution in [3.8, 4) is 11.8 Å². The van der Waals surface area contributed by atoms with Crippen molar-refractivity contribution in [2.75, 3.05) is 25.5 Å². The van der Waals surface area contributed by atoms with E-state index in [1.165, 1.54) is 23.5 Å². The summed E-state index contributed by atoms with van der Waals surface area (Å²) in [6.45, 7) is 0.535. The Morgan fingerprint density at radius 1 is 1.21 bits per heavy atom. The first-order valence-corrected chi connectivity index (χ1v) is 10.8. The fourth-order valence-electron chi connectivity index (χ4n) is 3.31. The Bertz CT molecular complexity index is 996. The predicted molar refractivity (Wildman–Crippen MR) is 109 cm³/mol. The van der Waals surface area contributed by atoms with Gasteiger partial charge in [0.25, 0.3) is 0 Å². The highest BCUT2D eigenvalue weighted by molar-refractivity contribution is 7.89. The molecule has 1 fully saturated rings. The second kappa shape index (κ2) is 9.07. The van der Waals surface area contributed by atoms with Gasteiger partial charge in [0.15, 0.2) is 0 Å². The van der Waals surface area contributed by atoms with E-state index in [2.05, 4.69) is 11.4 Å². The molecular weight excluding hydrogens is 390 g/mol. The smallest absolute Gasteiger partial charge is 0.243 e. The van der Waals surface area contributed by atoms with Crippen LogP contribution in [0.5, 0.6) is 5.75 Å². The van der Waals surface area contributed by atoms with Gasteiger partial charge in [0.2, 0.25) is 15.9 Å². The zero-order valence-electron chi connectivity index (χ0n) is 16.2. The van der Waals surface area contributed by atoms with Gasteiger partial charge < -0.3 is 10.1 Å². The first-order valence-electron chi connectivity index (χ1n) is 9.35. The number of hydrogen-bond donors (Lipinski definition) is 1. The van der Waals surface area contributed by atoms with Gasteiger partial charge in [-0.2, -0.15) is 9.57 Å². The lowest BCUT2D eigenvalue weighted by Crippen LogP contribution is -2.43. The molecule has 0 aliphatic carbocycles. The second-order valence-electron chi connectivity index (χ2n) is 6.90. The van der Waals surface area contributed by atoms with Crippen LogP contribution in [0.2, 0.25) is 0 Å². The second-order valence-corrected chi connectivity index (χ2v) is 8.84. The topological polar surface area (TPSA) is 99.5 Å². The van der Waals surface area contributed by atoms with E-state index in [1.54, 1.807) is 36.4 Å². The summed E-state index contributed by atoms with van der Waals surface area (Å²) < 4.78 is 32.3. The average molecular weight is 413 g/mol. The Kier molecular flexibility index (Phi) is 6.52. The summed E-state index contributed by atoms with van der Waals surface area (Å²) in [5, 5.41) is 11.6. The van der Waals surface area contributed by atoms with Crippen molar-refractivity contribution in [2.24, 2.45) is 5.92 Å². The maximum absolute atomic E-state index is 12.9. The molecule has 0 unspecified atom stereocenters. The summed E-state index contributed by atoms with van der Waals surface area (Å²) >= 11 is 0. The molecule has 152 valence electrons. The number of anilines is 1. The van der Waals surface area contributed by atoms with Crippen LogP contribution in [0.4, 0.5) is 5.69 Å². The van der Waals surface area contributed by atoms with E-state index in [4.69, 9.17) is 10.00 Å². The van der Waals surface area contributed by atoms with Crippen molar-refractivity contribution in [1.82, 2.24) is 4.31 Å². The van der Waals surface area contributed by atoms with Crippen LogP contribution in [-0.2, 0) is 21.2 Å².